The highest BCUT2D eigenvalue weighted by molar-refractivity contribution is 5.94. The van der Waals surface area contributed by atoms with Gasteiger partial charge in [0.1, 0.15) is 12.4 Å². The van der Waals surface area contributed by atoms with Crippen LogP contribution in [0.5, 0.6) is 0 Å². The summed E-state index contributed by atoms with van der Waals surface area (Å²) in [7, 11) is 0. The molecule has 1 unspecified atom stereocenters. The van der Waals surface area contributed by atoms with Gasteiger partial charge in [0, 0.05) is 24.7 Å². The first-order valence-corrected chi connectivity index (χ1v) is 8.36. The predicted octanol–water partition coefficient (Wildman–Crippen LogP) is 2.00. The van der Waals surface area contributed by atoms with E-state index in [1.807, 2.05) is 0 Å². The monoisotopic (exact) mass is 350 g/mol. The number of halogens is 1. The molecule has 2 rings (SSSR count). The second-order valence-corrected chi connectivity index (χ2v) is 6.55. The fourth-order valence-electron chi connectivity index (χ4n) is 3.03. The number of rotatable bonds is 5. The Balaban J connectivity index is 2.08. The van der Waals surface area contributed by atoms with E-state index in [1.165, 1.54) is 29.2 Å². The van der Waals surface area contributed by atoms with Crippen molar-refractivity contribution in [1.29, 1.82) is 0 Å². The average Bonchev–Trinajstić information content (AvgIpc) is 2.59. The zero-order chi connectivity index (χ0) is 18.6. The van der Waals surface area contributed by atoms with Crippen LogP contribution in [0.2, 0.25) is 0 Å². The molecule has 2 amide bonds. The normalized spacial score (nSPS) is 17.4. The highest BCUT2D eigenvalue weighted by Crippen LogP contribution is 2.22. The van der Waals surface area contributed by atoms with Crippen molar-refractivity contribution in [3.63, 3.8) is 0 Å². The lowest BCUT2D eigenvalue weighted by Crippen LogP contribution is -2.49. The number of carbonyl (C=O) groups excluding carboxylic acids is 2. The van der Waals surface area contributed by atoms with Crippen molar-refractivity contribution in [2.24, 2.45) is 5.92 Å². The van der Waals surface area contributed by atoms with Crippen LogP contribution < -0.4 is 0 Å². The molecule has 0 aromatic heterocycles. The van der Waals surface area contributed by atoms with Gasteiger partial charge in [0.05, 0.1) is 5.92 Å². The second kappa shape index (κ2) is 8.09. The Hall–Kier alpha value is -2.44. The van der Waals surface area contributed by atoms with Gasteiger partial charge in [-0.3, -0.25) is 14.4 Å². The molecule has 1 N–H and O–H groups in total. The summed E-state index contributed by atoms with van der Waals surface area (Å²) in [6.07, 6.45) is 1.29. The summed E-state index contributed by atoms with van der Waals surface area (Å²) in [4.78, 5) is 39.2. The van der Waals surface area contributed by atoms with Crippen LogP contribution in [0.15, 0.2) is 24.3 Å². The lowest BCUT2D eigenvalue weighted by Gasteiger charge is -2.36. The molecule has 0 bridgehead atoms. The Bertz CT molecular complexity index is 645. The summed E-state index contributed by atoms with van der Waals surface area (Å²) in [5.74, 6) is -2.37. The van der Waals surface area contributed by atoms with Crippen molar-refractivity contribution in [2.75, 3.05) is 19.6 Å². The van der Waals surface area contributed by atoms with Crippen LogP contribution in [0.4, 0.5) is 4.39 Å². The van der Waals surface area contributed by atoms with E-state index >= 15 is 0 Å². The molecule has 1 aliphatic heterocycles. The highest BCUT2D eigenvalue weighted by Gasteiger charge is 2.33. The van der Waals surface area contributed by atoms with E-state index in [0.717, 1.165) is 0 Å². The van der Waals surface area contributed by atoms with Crippen LogP contribution in [-0.4, -0.2) is 58.4 Å². The van der Waals surface area contributed by atoms with Crippen LogP contribution >= 0.6 is 0 Å². The van der Waals surface area contributed by atoms with Gasteiger partial charge in [-0.05, 0) is 51.0 Å². The van der Waals surface area contributed by atoms with Gasteiger partial charge >= 0.3 is 5.97 Å². The Kier molecular flexibility index (Phi) is 6.12. The van der Waals surface area contributed by atoms with E-state index in [4.69, 9.17) is 5.11 Å². The first kappa shape index (κ1) is 18.9. The third-order valence-electron chi connectivity index (χ3n) is 4.36. The van der Waals surface area contributed by atoms with Crippen molar-refractivity contribution < 1.29 is 23.9 Å². The van der Waals surface area contributed by atoms with E-state index in [0.29, 0.717) is 24.9 Å². The van der Waals surface area contributed by atoms with Gasteiger partial charge in [-0.25, -0.2) is 4.39 Å². The minimum absolute atomic E-state index is 0.230. The number of aliphatic carboxylic acids is 1. The van der Waals surface area contributed by atoms with Crippen molar-refractivity contribution >= 4 is 17.8 Å². The SMILES string of the molecule is CC(C)N(CC(=O)O)C(=O)C1CCCN(C(=O)c2ccc(F)cc2)C1. The minimum atomic E-state index is -1.06. The molecule has 1 aromatic carbocycles. The molecule has 136 valence electrons. The maximum Gasteiger partial charge on any atom is 0.323 e. The average molecular weight is 350 g/mol. The van der Waals surface area contributed by atoms with Gasteiger partial charge in [0.25, 0.3) is 5.91 Å². The van der Waals surface area contributed by atoms with E-state index < -0.39 is 17.7 Å². The number of piperidine rings is 1. The van der Waals surface area contributed by atoms with Crippen molar-refractivity contribution in [3.05, 3.63) is 35.6 Å². The number of hydrogen-bond donors (Lipinski definition) is 1. The fourth-order valence-corrected chi connectivity index (χ4v) is 3.03. The van der Waals surface area contributed by atoms with Crippen LogP contribution in [0.1, 0.15) is 37.0 Å². The molecular weight excluding hydrogens is 327 g/mol. The van der Waals surface area contributed by atoms with Crippen LogP contribution in [0, 0.1) is 11.7 Å². The van der Waals surface area contributed by atoms with Crippen LogP contribution in [0.3, 0.4) is 0 Å². The third kappa shape index (κ3) is 4.78. The lowest BCUT2D eigenvalue weighted by atomic mass is 9.95. The number of carboxylic acids is 1. The molecule has 7 heteroatoms. The number of likely N-dealkylation sites (tertiary alicyclic amines) is 1. The van der Waals surface area contributed by atoms with E-state index in [-0.39, 0.29) is 30.9 Å². The van der Waals surface area contributed by atoms with Crippen molar-refractivity contribution in [3.8, 4) is 0 Å². The molecule has 0 radical (unpaired) electrons. The number of amides is 2. The van der Waals surface area contributed by atoms with Gasteiger partial charge in [-0.2, -0.15) is 0 Å². The number of carboxylic acid groups (broad SMARTS) is 1. The molecule has 25 heavy (non-hydrogen) atoms. The Morgan fingerprint density at radius 1 is 1.28 bits per heavy atom. The summed E-state index contributed by atoms with van der Waals surface area (Å²) in [6.45, 7) is 3.97. The van der Waals surface area contributed by atoms with Crippen LogP contribution in [-0.2, 0) is 9.59 Å². The Labute approximate surface area is 146 Å². The zero-order valence-corrected chi connectivity index (χ0v) is 14.4. The summed E-state index contributed by atoms with van der Waals surface area (Å²) >= 11 is 0. The van der Waals surface area contributed by atoms with Gasteiger partial charge in [0.2, 0.25) is 5.91 Å². The summed E-state index contributed by atoms with van der Waals surface area (Å²) in [5, 5.41) is 9.00. The topological polar surface area (TPSA) is 77.9 Å². The molecule has 1 atom stereocenters. The van der Waals surface area contributed by atoms with Crippen molar-refractivity contribution in [2.45, 2.75) is 32.7 Å². The third-order valence-corrected chi connectivity index (χ3v) is 4.36. The standard InChI is InChI=1S/C18H23FN2O4/c1-12(2)21(11-16(22)23)18(25)14-4-3-9-20(10-14)17(24)13-5-7-15(19)8-6-13/h5-8,12,14H,3-4,9-11H2,1-2H3,(H,22,23). The molecular formula is C18H23FN2O4. The smallest absolute Gasteiger partial charge is 0.323 e. The molecule has 0 spiro atoms. The number of nitrogens with zero attached hydrogens (tertiary/aromatic N) is 2. The number of carbonyl (C=O) groups is 3. The van der Waals surface area contributed by atoms with E-state index in [2.05, 4.69) is 0 Å². The first-order chi connectivity index (χ1) is 11.8. The van der Waals surface area contributed by atoms with E-state index in [1.54, 1.807) is 18.7 Å². The quantitative estimate of drug-likeness (QED) is 0.881. The molecule has 1 aromatic rings. The van der Waals surface area contributed by atoms with Gasteiger partial charge < -0.3 is 14.9 Å². The summed E-state index contributed by atoms with van der Waals surface area (Å²) in [6, 6.07) is 5.08. The van der Waals surface area contributed by atoms with Crippen LogP contribution in [0.25, 0.3) is 0 Å². The lowest BCUT2D eigenvalue weighted by molar-refractivity contribution is -0.148. The number of benzene rings is 1. The second-order valence-electron chi connectivity index (χ2n) is 6.55. The molecule has 0 aliphatic carbocycles. The largest absolute Gasteiger partial charge is 0.480 e. The number of hydrogen-bond acceptors (Lipinski definition) is 3. The highest BCUT2D eigenvalue weighted by atomic mass is 19.1. The molecule has 1 aliphatic rings. The van der Waals surface area contributed by atoms with E-state index in [9.17, 15) is 18.8 Å². The molecule has 1 heterocycles. The van der Waals surface area contributed by atoms with Gasteiger partial charge in [-0.1, -0.05) is 0 Å². The Morgan fingerprint density at radius 3 is 2.48 bits per heavy atom. The van der Waals surface area contributed by atoms with Gasteiger partial charge in [-0.15, -0.1) is 0 Å². The predicted molar refractivity (Wildman–Crippen MR) is 89.5 cm³/mol. The summed E-state index contributed by atoms with van der Waals surface area (Å²) < 4.78 is 13.0. The Morgan fingerprint density at radius 2 is 1.92 bits per heavy atom. The minimum Gasteiger partial charge on any atom is -0.480 e. The molecule has 0 saturated carbocycles. The molecule has 1 fully saturated rings. The summed E-state index contributed by atoms with van der Waals surface area (Å²) in [5.41, 5.74) is 0.376. The molecule has 1 saturated heterocycles. The maximum atomic E-state index is 13.0. The molecule has 6 nitrogen and oxygen atoms in total. The fraction of sp³-hybridized carbons (Fsp3) is 0.500. The van der Waals surface area contributed by atoms with Crippen molar-refractivity contribution in [1.82, 2.24) is 9.80 Å². The zero-order valence-electron chi connectivity index (χ0n) is 14.4. The van der Waals surface area contributed by atoms with Gasteiger partial charge in [0.15, 0.2) is 0 Å². The maximum absolute atomic E-state index is 13.0. The first-order valence-electron chi connectivity index (χ1n) is 8.36.